The first kappa shape index (κ1) is 26.7. The maximum atomic E-state index is 12.9. The summed E-state index contributed by atoms with van der Waals surface area (Å²) >= 11 is 6.74. The van der Waals surface area contributed by atoms with Gasteiger partial charge in [0.15, 0.2) is 18.1 Å². The number of carbonyl (C=O) groups is 3. The Bertz CT molecular complexity index is 1440. The number of hydrogen-bond donors (Lipinski definition) is 1. The van der Waals surface area contributed by atoms with Crippen molar-refractivity contribution in [2.45, 2.75) is 6.54 Å². The molecule has 3 aromatic carbocycles. The number of hydrogen-bond acceptors (Lipinski definition) is 8. The number of anilines is 1. The number of halogens is 1. The van der Waals surface area contributed by atoms with Gasteiger partial charge in [0.2, 0.25) is 0 Å². The van der Waals surface area contributed by atoms with Crippen molar-refractivity contribution in [3.8, 4) is 11.5 Å². The molecule has 0 radical (unpaired) electrons. The molecule has 194 valence electrons. The van der Waals surface area contributed by atoms with Crippen molar-refractivity contribution in [1.29, 1.82) is 0 Å². The molecule has 0 spiro atoms. The lowest BCUT2D eigenvalue weighted by atomic mass is 10.1. The van der Waals surface area contributed by atoms with Crippen molar-refractivity contribution < 1.29 is 28.8 Å². The molecule has 1 heterocycles. The predicted octanol–water partition coefficient (Wildman–Crippen LogP) is 5.51. The molecule has 3 aromatic rings. The van der Waals surface area contributed by atoms with Crippen LogP contribution in [0.3, 0.4) is 0 Å². The van der Waals surface area contributed by atoms with Crippen LogP contribution in [0, 0.1) is 10.1 Å². The molecule has 4 rings (SSSR count). The van der Waals surface area contributed by atoms with Crippen molar-refractivity contribution in [2.75, 3.05) is 19.0 Å². The highest BCUT2D eigenvalue weighted by Gasteiger charge is 2.35. The smallest absolute Gasteiger partial charge is 0.293 e. The summed E-state index contributed by atoms with van der Waals surface area (Å²) < 4.78 is 10.9. The van der Waals surface area contributed by atoms with Gasteiger partial charge in [-0.3, -0.25) is 29.4 Å². The molecule has 1 fully saturated rings. The van der Waals surface area contributed by atoms with E-state index in [9.17, 15) is 24.5 Å². The number of rotatable bonds is 9. The van der Waals surface area contributed by atoms with E-state index in [0.717, 1.165) is 22.2 Å². The quantitative estimate of drug-likeness (QED) is 0.209. The number of benzene rings is 3. The number of carbonyl (C=O) groups excluding carboxylic acids is 3. The molecular weight excluding hydrogens is 534 g/mol. The third kappa shape index (κ3) is 6.50. The SMILES string of the molecule is COc1cc(/C=C2\SC(=O)N(Cc3ccc(Cl)cc3)C2=O)ccc1OCC(=O)Nc1cccc([N+](=O)[O-])c1. The van der Waals surface area contributed by atoms with Gasteiger partial charge >= 0.3 is 0 Å². The molecule has 0 atom stereocenters. The molecule has 0 aliphatic carbocycles. The maximum absolute atomic E-state index is 12.9. The third-order valence-corrected chi connectivity index (χ3v) is 6.47. The van der Waals surface area contributed by atoms with Gasteiger partial charge in [-0.15, -0.1) is 0 Å². The first-order valence-electron chi connectivity index (χ1n) is 11.1. The van der Waals surface area contributed by atoms with E-state index in [4.69, 9.17) is 21.1 Å². The molecule has 3 amide bonds. The minimum atomic E-state index is -0.557. The van der Waals surface area contributed by atoms with Crippen LogP contribution in [-0.4, -0.2) is 40.6 Å². The number of nitrogens with one attached hydrogen (secondary N) is 1. The number of non-ortho nitro benzene ring substituents is 1. The third-order valence-electron chi connectivity index (χ3n) is 5.31. The van der Waals surface area contributed by atoms with Crippen molar-refractivity contribution in [3.05, 3.63) is 97.9 Å². The van der Waals surface area contributed by atoms with Crippen LogP contribution in [0.2, 0.25) is 5.02 Å². The maximum Gasteiger partial charge on any atom is 0.293 e. The summed E-state index contributed by atoms with van der Waals surface area (Å²) in [6, 6.07) is 17.3. The van der Waals surface area contributed by atoms with Gasteiger partial charge in [0.25, 0.3) is 22.7 Å². The number of imide groups is 1. The van der Waals surface area contributed by atoms with Crippen molar-refractivity contribution in [1.82, 2.24) is 4.90 Å². The van der Waals surface area contributed by atoms with Crippen LogP contribution in [0.25, 0.3) is 6.08 Å². The summed E-state index contributed by atoms with van der Waals surface area (Å²) in [6.45, 7) is -0.240. The van der Waals surface area contributed by atoms with E-state index in [1.54, 1.807) is 48.5 Å². The van der Waals surface area contributed by atoms with Crippen LogP contribution >= 0.6 is 23.4 Å². The van der Waals surface area contributed by atoms with Crippen molar-refractivity contribution >= 4 is 57.9 Å². The minimum Gasteiger partial charge on any atom is -0.493 e. The summed E-state index contributed by atoms with van der Waals surface area (Å²) in [7, 11) is 1.43. The monoisotopic (exact) mass is 553 g/mol. The highest BCUT2D eigenvalue weighted by Crippen LogP contribution is 2.35. The normalized spacial score (nSPS) is 14.1. The molecule has 0 bridgehead atoms. The zero-order chi connectivity index (χ0) is 27.2. The average molecular weight is 554 g/mol. The molecule has 1 aliphatic rings. The van der Waals surface area contributed by atoms with Crippen LogP contribution in [-0.2, 0) is 16.1 Å². The van der Waals surface area contributed by atoms with Crippen molar-refractivity contribution in [3.63, 3.8) is 0 Å². The van der Waals surface area contributed by atoms with Gasteiger partial charge in [-0.25, -0.2) is 0 Å². The van der Waals surface area contributed by atoms with E-state index in [1.807, 2.05) is 0 Å². The Morgan fingerprint density at radius 1 is 1.11 bits per heavy atom. The lowest BCUT2D eigenvalue weighted by Crippen LogP contribution is -2.27. The fourth-order valence-corrected chi connectivity index (χ4v) is 4.46. The van der Waals surface area contributed by atoms with Crippen LogP contribution in [0.5, 0.6) is 11.5 Å². The second-order valence-corrected chi connectivity index (χ2v) is 9.38. The summed E-state index contributed by atoms with van der Waals surface area (Å²) in [5.74, 6) is -0.352. The van der Waals surface area contributed by atoms with E-state index in [1.165, 1.54) is 31.4 Å². The molecule has 1 saturated heterocycles. The van der Waals surface area contributed by atoms with Gasteiger partial charge in [-0.1, -0.05) is 35.9 Å². The standard InChI is InChI=1S/C26H20ClN3O7S/c1-36-22-11-17(12-23-25(32)29(26(33)38-23)14-16-5-8-18(27)9-6-16)7-10-21(22)37-15-24(31)28-19-3-2-4-20(13-19)30(34)35/h2-13H,14-15H2,1H3,(H,28,31)/b23-12-. The Labute approximate surface area is 226 Å². The number of methoxy groups -OCH3 is 1. The van der Waals surface area contributed by atoms with E-state index in [2.05, 4.69) is 5.32 Å². The molecule has 0 aromatic heterocycles. The number of nitrogens with zero attached hydrogens (tertiary/aromatic N) is 2. The molecule has 1 aliphatic heterocycles. The Hall–Kier alpha value is -4.35. The van der Waals surface area contributed by atoms with Crippen LogP contribution < -0.4 is 14.8 Å². The van der Waals surface area contributed by atoms with Gasteiger partial charge in [0.1, 0.15) is 0 Å². The van der Waals surface area contributed by atoms with Gasteiger partial charge in [-0.05, 0) is 59.3 Å². The lowest BCUT2D eigenvalue weighted by Gasteiger charge is -2.12. The summed E-state index contributed by atoms with van der Waals surface area (Å²) in [6.07, 6.45) is 1.58. The number of amides is 3. The fourth-order valence-electron chi connectivity index (χ4n) is 3.49. The number of thioether (sulfide) groups is 1. The van der Waals surface area contributed by atoms with Gasteiger partial charge < -0.3 is 14.8 Å². The largest absolute Gasteiger partial charge is 0.493 e. The topological polar surface area (TPSA) is 128 Å². The Morgan fingerprint density at radius 2 is 1.87 bits per heavy atom. The minimum absolute atomic E-state index is 0.133. The van der Waals surface area contributed by atoms with Gasteiger partial charge in [0.05, 0.1) is 23.5 Å². The van der Waals surface area contributed by atoms with Crippen LogP contribution in [0.1, 0.15) is 11.1 Å². The first-order valence-corrected chi connectivity index (χ1v) is 12.3. The molecular formula is C26H20ClN3O7S. The zero-order valence-corrected chi connectivity index (χ0v) is 21.5. The number of ether oxygens (including phenoxy) is 2. The average Bonchev–Trinajstić information content (AvgIpc) is 3.16. The van der Waals surface area contributed by atoms with Crippen molar-refractivity contribution in [2.24, 2.45) is 0 Å². The molecule has 38 heavy (non-hydrogen) atoms. The summed E-state index contributed by atoms with van der Waals surface area (Å²) in [5.41, 5.74) is 1.48. The summed E-state index contributed by atoms with van der Waals surface area (Å²) in [5, 5.41) is 13.6. The predicted molar refractivity (Wildman–Crippen MR) is 143 cm³/mol. The Morgan fingerprint density at radius 3 is 2.58 bits per heavy atom. The highest BCUT2D eigenvalue weighted by atomic mass is 35.5. The van der Waals surface area contributed by atoms with E-state index >= 15 is 0 Å². The Kier molecular flexibility index (Phi) is 8.29. The number of nitro benzene ring substituents is 1. The van der Waals surface area contributed by atoms with Gasteiger partial charge in [-0.2, -0.15) is 0 Å². The van der Waals surface area contributed by atoms with E-state index < -0.39 is 16.7 Å². The second kappa shape index (κ2) is 11.8. The van der Waals surface area contributed by atoms with Crippen LogP contribution in [0.4, 0.5) is 16.2 Å². The highest BCUT2D eigenvalue weighted by molar-refractivity contribution is 8.18. The number of nitro groups is 1. The Balaban J connectivity index is 1.40. The zero-order valence-electron chi connectivity index (χ0n) is 19.9. The fraction of sp³-hybridized carbons (Fsp3) is 0.115. The molecule has 12 heteroatoms. The van der Waals surface area contributed by atoms with E-state index in [0.29, 0.717) is 16.3 Å². The molecule has 0 unspecified atom stereocenters. The van der Waals surface area contributed by atoms with Gasteiger partial charge in [0, 0.05) is 22.8 Å². The second-order valence-electron chi connectivity index (χ2n) is 7.95. The summed E-state index contributed by atoms with van der Waals surface area (Å²) in [4.78, 5) is 49.3. The first-order chi connectivity index (χ1) is 18.2. The molecule has 10 nitrogen and oxygen atoms in total. The molecule has 1 N–H and O–H groups in total. The van der Waals surface area contributed by atoms with Crippen LogP contribution in [0.15, 0.2) is 71.6 Å². The molecule has 0 saturated carbocycles. The lowest BCUT2D eigenvalue weighted by molar-refractivity contribution is -0.384. The van der Waals surface area contributed by atoms with E-state index in [-0.39, 0.29) is 40.4 Å².